The van der Waals surface area contributed by atoms with Crippen LogP contribution in [0.3, 0.4) is 0 Å². The predicted molar refractivity (Wildman–Crippen MR) is 119 cm³/mol. The number of alkyl halides is 8. The SMILES string of the molecule is Cc1cc(C)c(N2CCCn3c2nc(C(F)(F)F)c3CC(NCC(F)(F)C(F)(F)F)C2CC2)c(Cl)c1. The maximum absolute atomic E-state index is 14.1. The number of benzene rings is 1. The maximum atomic E-state index is 14.1. The van der Waals surface area contributed by atoms with Crippen molar-refractivity contribution in [2.75, 3.05) is 18.0 Å². The number of aryl methyl sites for hydroxylation is 2. The van der Waals surface area contributed by atoms with Crippen LogP contribution in [0, 0.1) is 19.8 Å². The Hall–Kier alpha value is -2.08. The number of aromatic nitrogens is 2. The third kappa shape index (κ3) is 5.29. The molecule has 1 atom stereocenters. The molecule has 1 saturated carbocycles. The van der Waals surface area contributed by atoms with Gasteiger partial charge in [-0.25, -0.2) is 4.98 Å². The standard InChI is InChI=1S/C23H25ClF8N4/c1-12-8-13(2)18(15(24)9-12)36-7-3-6-35-17(19(22(27,28)29)34-20(35)36)10-16(14-4-5-14)33-11-21(25,26)23(30,31)32/h8-9,14,16,33H,3-7,10-11H2,1-2H3. The molecule has 1 fully saturated rings. The summed E-state index contributed by atoms with van der Waals surface area (Å²) in [5.41, 5.74) is 0.754. The van der Waals surface area contributed by atoms with Crippen molar-refractivity contribution in [3.8, 4) is 0 Å². The Morgan fingerprint density at radius 3 is 2.28 bits per heavy atom. The number of anilines is 2. The lowest BCUT2D eigenvalue weighted by atomic mass is 10.0. The van der Waals surface area contributed by atoms with Gasteiger partial charge in [0.25, 0.3) is 0 Å². The zero-order chi connectivity index (χ0) is 26.6. The van der Waals surface area contributed by atoms with E-state index in [1.54, 1.807) is 17.9 Å². The molecule has 36 heavy (non-hydrogen) atoms. The van der Waals surface area contributed by atoms with Crippen molar-refractivity contribution in [1.82, 2.24) is 14.9 Å². The van der Waals surface area contributed by atoms with Crippen LogP contribution >= 0.6 is 11.6 Å². The fourth-order valence-electron chi connectivity index (χ4n) is 4.77. The second-order valence-electron chi connectivity index (χ2n) is 9.51. The molecule has 2 aromatic rings. The molecule has 2 aliphatic rings. The molecule has 2 heterocycles. The topological polar surface area (TPSA) is 33.1 Å². The summed E-state index contributed by atoms with van der Waals surface area (Å²) in [7, 11) is 0. The second kappa shape index (κ2) is 9.34. The number of imidazole rings is 1. The van der Waals surface area contributed by atoms with Crippen molar-refractivity contribution >= 4 is 23.2 Å². The van der Waals surface area contributed by atoms with Crippen LogP contribution in [0.4, 0.5) is 46.8 Å². The molecular weight excluding hydrogens is 520 g/mol. The van der Waals surface area contributed by atoms with Crippen LogP contribution in [0.1, 0.15) is 41.8 Å². The summed E-state index contributed by atoms with van der Waals surface area (Å²) in [5.74, 6) is -5.28. The van der Waals surface area contributed by atoms with Gasteiger partial charge in [-0.05, 0) is 56.2 Å². The van der Waals surface area contributed by atoms with Gasteiger partial charge >= 0.3 is 18.3 Å². The summed E-state index contributed by atoms with van der Waals surface area (Å²) in [4.78, 5) is 5.52. The van der Waals surface area contributed by atoms with E-state index in [0.29, 0.717) is 36.5 Å². The van der Waals surface area contributed by atoms with E-state index in [0.717, 1.165) is 11.1 Å². The molecule has 1 aliphatic carbocycles. The fourth-order valence-corrected chi connectivity index (χ4v) is 5.19. The van der Waals surface area contributed by atoms with Crippen molar-refractivity contribution in [2.24, 2.45) is 5.92 Å². The second-order valence-corrected chi connectivity index (χ2v) is 9.91. The highest BCUT2D eigenvalue weighted by Crippen LogP contribution is 2.43. The number of halogens is 9. The van der Waals surface area contributed by atoms with Gasteiger partial charge in [0.05, 0.1) is 22.9 Å². The summed E-state index contributed by atoms with van der Waals surface area (Å²) in [6, 6.07) is 2.56. The zero-order valence-electron chi connectivity index (χ0n) is 19.5. The molecule has 0 spiro atoms. The van der Waals surface area contributed by atoms with Crippen LogP contribution in [0.25, 0.3) is 0 Å². The Kier molecular flexibility index (Phi) is 7.00. The Morgan fingerprint density at radius 1 is 1.06 bits per heavy atom. The highest BCUT2D eigenvalue weighted by molar-refractivity contribution is 6.33. The number of fused-ring (bicyclic) bond motifs is 1. The van der Waals surface area contributed by atoms with Gasteiger partial charge in [-0.2, -0.15) is 35.1 Å². The van der Waals surface area contributed by atoms with E-state index in [9.17, 15) is 35.1 Å². The van der Waals surface area contributed by atoms with E-state index in [1.165, 1.54) is 4.57 Å². The van der Waals surface area contributed by atoms with Crippen molar-refractivity contribution < 1.29 is 35.1 Å². The molecule has 4 nitrogen and oxygen atoms in total. The van der Waals surface area contributed by atoms with Gasteiger partial charge in [0.15, 0.2) is 5.69 Å². The van der Waals surface area contributed by atoms with Gasteiger partial charge in [-0.1, -0.05) is 17.7 Å². The van der Waals surface area contributed by atoms with Gasteiger partial charge in [0.2, 0.25) is 5.95 Å². The average molecular weight is 545 g/mol. The van der Waals surface area contributed by atoms with Gasteiger partial charge in [-0.3, -0.25) is 0 Å². The zero-order valence-corrected chi connectivity index (χ0v) is 20.3. The van der Waals surface area contributed by atoms with Gasteiger partial charge in [-0.15, -0.1) is 0 Å². The molecule has 0 radical (unpaired) electrons. The van der Waals surface area contributed by atoms with Crippen LogP contribution in [0.15, 0.2) is 12.1 Å². The first-order valence-corrected chi connectivity index (χ1v) is 11.9. The Balaban J connectivity index is 1.71. The molecular formula is C23H25ClF8N4. The highest BCUT2D eigenvalue weighted by atomic mass is 35.5. The molecule has 1 aromatic carbocycles. The third-order valence-electron chi connectivity index (χ3n) is 6.60. The van der Waals surface area contributed by atoms with Crippen LogP contribution in [0.5, 0.6) is 0 Å². The van der Waals surface area contributed by atoms with E-state index in [1.807, 2.05) is 13.0 Å². The molecule has 1 aliphatic heterocycles. The Bertz CT molecular complexity index is 1100. The summed E-state index contributed by atoms with van der Waals surface area (Å²) in [5, 5.41) is 2.56. The molecule has 200 valence electrons. The van der Waals surface area contributed by atoms with E-state index >= 15 is 0 Å². The monoisotopic (exact) mass is 544 g/mol. The first-order valence-electron chi connectivity index (χ1n) is 11.5. The number of hydrogen-bond donors (Lipinski definition) is 1. The lowest BCUT2D eigenvalue weighted by Gasteiger charge is -2.32. The summed E-state index contributed by atoms with van der Waals surface area (Å²) in [6.45, 7) is 2.48. The third-order valence-corrected chi connectivity index (χ3v) is 6.89. The normalized spacial score (nSPS) is 17.9. The Morgan fingerprint density at radius 2 is 1.72 bits per heavy atom. The average Bonchev–Trinajstić information content (AvgIpc) is 3.50. The quantitative estimate of drug-likeness (QED) is 0.388. The van der Waals surface area contributed by atoms with Gasteiger partial charge in [0, 0.05) is 25.6 Å². The Labute approximate surface area is 207 Å². The molecule has 1 unspecified atom stereocenters. The minimum absolute atomic E-state index is 0.0209. The van der Waals surface area contributed by atoms with Crippen LogP contribution < -0.4 is 10.2 Å². The lowest BCUT2D eigenvalue weighted by Crippen LogP contribution is -2.49. The van der Waals surface area contributed by atoms with Crippen LogP contribution in [-0.4, -0.2) is 40.8 Å². The van der Waals surface area contributed by atoms with Crippen molar-refractivity contribution in [1.29, 1.82) is 0 Å². The number of rotatable bonds is 7. The number of nitrogens with one attached hydrogen (secondary N) is 1. The fraction of sp³-hybridized carbons (Fsp3) is 0.609. The minimum atomic E-state index is -5.76. The van der Waals surface area contributed by atoms with E-state index < -0.39 is 36.6 Å². The number of hydrogen-bond acceptors (Lipinski definition) is 3. The van der Waals surface area contributed by atoms with Crippen LogP contribution in [0.2, 0.25) is 5.02 Å². The van der Waals surface area contributed by atoms with Crippen molar-refractivity contribution in [3.05, 3.63) is 39.7 Å². The predicted octanol–water partition coefficient (Wildman–Crippen LogP) is 6.82. The lowest BCUT2D eigenvalue weighted by molar-refractivity contribution is -0.279. The van der Waals surface area contributed by atoms with Gasteiger partial charge in [0.1, 0.15) is 0 Å². The first-order chi connectivity index (χ1) is 16.6. The maximum Gasteiger partial charge on any atom is 0.454 e. The molecule has 1 N–H and O–H groups in total. The van der Waals surface area contributed by atoms with Crippen LogP contribution in [-0.2, 0) is 19.1 Å². The van der Waals surface area contributed by atoms with E-state index in [4.69, 9.17) is 11.6 Å². The van der Waals surface area contributed by atoms with E-state index in [2.05, 4.69) is 10.3 Å². The molecule has 1 aromatic heterocycles. The van der Waals surface area contributed by atoms with E-state index in [-0.39, 0.29) is 30.5 Å². The molecule has 4 rings (SSSR count). The molecule has 0 bridgehead atoms. The number of nitrogens with zero attached hydrogens (tertiary/aromatic N) is 3. The largest absolute Gasteiger partial charge is 0.454 e. The smallest absolute Gasteiger partial charge is 0.313 e. The highest BCUT2D eigenvalue weighted by Gasteiger charge is 2.57. The summed E-state index contributed by atoms with van der Waals surface area (Å²) in [6.07, 6.45) is -9.46. The molecule has 13 heteroatoms. The summed E-state index contributed by atoms with van der Waals surface area (Å²) >= 11 is 6.45. The molecule has 0 saturated heterocycles. The van der Waals surface area contributed by atoms with Crippen molar-refractivity contribution in [2.45, 2.75) is 70.4 Å². The minimum Gasteiger partial charge on any atom is -0.313 e. The summed E-state index contributed by atoms with van der Waals surface area (Å²) < 4.78 is 109. The first kappa shape index (κ1) is 27.0. The molecule has 0 amide bonds. The van der Waals surface area contributed by atoms with Gasteiger partial charge < -0.3 is 14.8 Å². The van der Waals surface area contributed by atoms with Crippen molar-refractivity contribution in [3.63, 3.8) is 0 Å².